The molecule has 0 amide bonds. The maximum Gasteiger partial charge on any atom is 0.371 e. The number of aliphatic carboxylic acids is 1. The van der Waals surface area contributed by atoms with Crippen LogP contribution in [0.4, 0.5) is 0 Å². The van der Waals surface area contributed by atoms with E-state index in [-0.39, 0.29) is 5.75 Å². The van der Waals surface area contributed by atoms with Crippen LogP contribution in [0, 0.1) is 0 Å². The van der Waals surface area contributed by atoms with Gasteiger partial charge < -0.3 is 23.2 Å². The van der Waals surface area contributed by atoms with E-state index in [1.807, 2.05) is 0 Å². The lowest BCUT2D eigenvalue weighted by Crippen LogP contribution is -2.40. The SMILES string of the molecule is CCSC(C(=O)O)(P(=O)(OC(C)C)OC(C)C)P(=O)(OC(C)C)OC(C)C. The lowest BCUT2D eigenvalue weighted by atomic mass is 10.5. The van der Waals surface area contributed by atoms with E-state index < -0.39 is 49.8 Å². The minimum Gasteiger partial charge on any atom is -0.479 e. The minimum atomic E-state index is -4.53. The second-order valence-electron chi connectivity index (χ2n) is 6.96. The number of carbonyl (C=O) groups is 1. The van der Waals surface area contributed by atoms with E-state index in [1.165, 1.54) is 0 Å². The van der Waals surface area contributed by atoms with Crippen molar-refractivity contribution >= 4 is 32.9 Å². The number of carboxylic acid groups (broad SMARTS) is 1. The Morgan fingerprint density at radius 2 is 1.07 bits per heavy atom. The summed E-state index contributed by atoms with van der Waals surface area (Å²) in [6.45, 7) is 14.4. The Morgan fingerprint density at radius 1 is 0.815 bits per heavy atom. The van der Waals surface area contributed by atoms with Crippen molar-refractivity contribution < 1.29 is 37.1 Å². The maximum absolute atomic E-state index is 13.9. The van der Waals surface area contributed by atoms with Crippen LogP contribution in [0.3, 0.4) is 0 Å². The second-order valence-corrected chi connectivity index (χ2v) is 13.6. The largest absolute Gasteiger partial charge is 0.479 e. The van der Waals surface area contributed by atoms with E-state index in [0.29, 0.717) is 11.8 Å². The Labute approximate surface area is 167 Å². The zero-order valence-corrected chi connectivity index (χ0v) is 20.2. The standard InChI is InChI=1S/C16H34O8P2S/c1-10-27-16(15(17)18,25(19,21-11(2)3)22-12(4)5)26(20,23-13(6)7)24-14(8)9/h11-14H,10H2,1-9H3,(H,17,18). The molecule has 0 aliphatic heterocycles. The van der Waals surface area contributed by atoms with Gasteiger partial charge in [0.15, 0.2) is 0 Å². The van der Waals surface area contributed by atoms with Gasteiger partial charge in [0.2, 0.25) is 0 Å². The molecule has 0 radical (unpaired) electrons. The van der Waals surface area contributed by atoms with Crippen molar-refractivity contribution in [3.05, 3.63) is 0 Å². The Hall–Kier alpha value is 0.120. The molecule has 0 aliphatic carbocycles. The topological polar surface area (TPSA) is 108 Å². The van der Waals surface area contributed by atoms with Gasteiger partial charge in [-0.25, -0.2) is 4.79 Å². The highest BCUT2D eigenvalue weighted by atomic mass is 32.2. The Morgan fingerprint density at radius 3 is 1.22 bits per heavy atom. The molecule has 0 fully saturated rings. The zero-order chi connectivity index (χ0) is 21.6. The molecule has 8 nitrogen and oxygen atoms in total. The van der Waals surface area contributed by atoms with Gasteiger partial charge in [-0.1, -0.05) is 6.92 Å². The molecule has 0 bridgehead atoms. The van der Waals surface area contributed by atoms with Crippen LogP contribution in [0.25, 0.3) is 0 Å². The highest BCUT2D eigenvalue weighted by Gasteiger charge is 2.72. The fourth-order valence-corrected chi connectivity index (χ4v) is 10.5. The highest BCUT2D eigenvalue weighted by molar-refractivity contribution is 8.15. The molecule has 0 atom stereocenters. The van der Waals surface area contributed by atoms with Crippen molar-refractivity contribution in [1.29, 1.82) is 0 Å². The van der Waals surface area contributed by atoms with Crippen molar-refractivity contribution in [3.63, 3.8) is 0 Å². The van der Waals surface area contributed by atoms with Crippen LogP contribution in [-0.2, 0) is 32.0 Å². The first-order chi connectivity index (χ1) is 12.2. The molecule has 0 unspecified atom stereocenters. The van der Waals surface area contributed by atoms with Crippen molar-refractivity contribution in [1.82, 2.24) is 0 Å². The minimum absolute atomic E-state index is 0.173. The Bertz CT molecular complexity index is 511. The molecule has 0 aromatic rings. The van der Waals surface area contributed by atoms with E-state index in [4.69, 9.17) is 18.1 Å². The van der Waals surface area contributed by atoms with E-state index >= 15 is 0 Å². The molecule has 0 saturated heterocycles. The summed E-state index contributed by atoms with van der Waals surface area (Å²) in [5.74, 6) is -1.45. The van der Waals surface area contributed by atoms with E-state index in [0.717, 1.165) is 0 Å². The summed E-state index contributed by atoms with van der Waals surface area (Å²) in [7, 11) is -9.06. The highest BCUT2D eigenvalue weighted by Crippen LogP contribution is 2.82. The quantitative estimate of drug-likeness (QED) is 0.362. The fraction of sp³-hybridized carbons (Fsp3) is 0.938. The smallest absolute Gasteiger partial charge is 0.371 e. The molecule has 0 aromatic carbocycles. The number of hydrogen-bond donors (Lipinski definition) is 1. The molecule has 0 aromatic heterocycles. The molecule has 0 saturated carbocycles. The normalized spacial score (nSPS) is 14.0. The second kappa shape index (κ2) is 10.8. The van der Waals surface area contributed by atoms with Gasteiger partial charge in [-0.05, 0) is 61.1 Å². The zero-order valence-electron chi connectivity index (χ0n) is 17.6. The van der Waals surface area contributed by atoms with Gasteiger partial charge in [0.25, 0.3) is 0 Å². The third-order valence-corrected chi connectivity index (χ3v) is 11.9. The van der Waals surface area contributed by atoms with Gasteiger partial charge in [0, 0.05) is 0 Å². The average Bonchev–Trinajstić information content (AvgIpc) is 2.39. The first-order valence-corrected chi connectivity index (χ1v) is 13.1. The van der Waals surface area contributed by atoms with Crippen LogP contribution in [0.5, 0.6) is 0 Å². The fourth-order valence-electron chi connectivity index (χ4n) is 2.25. The van der Waals surface area contributed by atoms with Crippen LogP contribution < -0.4 is 0 Å². The summed E-state index contributed by atoms with van der Waals surface area (Å²) in [6, 6.07) is 0. The third-order valence-electron chi connectivity index (χ3n) is 2.76. The first kappa shape index (κ1) is 27.1. The summed E-state index contributed by atoms with van der Waals surface area (Å²) < 4.78 is 47.4. The Balaban J connectivity index is 6.96. The van der Waals surface area contributed by atoms with E-state index in [2.05, 4.69) is 0 Å². The van der Waals surface area contributed by atoms with Crippen LogP contribution >= 0.6 is 27.0 Å². The average molecular weight is 448 g/mol. The van der Waals surface area contributed by atoms with Crippen LogP contribution in [0.1, 0.15) is 62.3 Å². The molecule has 11 heteroatoms. The van der Waals surface area contributed by atoms with Gasteiger partial charge in [0.05, 0.1) is 24.4 Å². The molecular weight excluding hydrogens is 414 g/mol. The van der Waals surface area contributed by atoms with Gasteiger partial charge in [-0.15, -0.1) is 11.8 Å². The predicted molar refractivity (Wildman–Crippen MR) is 109 cm³/mol. The predicted octanol–water partition coefficient (Wildman–Crippen LogP) is 5.56. The van der Waals surface area contributed by atoms with Crippen LogP contribution in [0.15, 0.2) is 0 Å². The lowest BCUT2D eigenvalue weighted by molar-refractivity contribution is -0.136. The van der Waals surface area contributed by atoms with Crippen molar-refractivity contribution in [3.8, 4) is 0 Å². The lowest BCUT2D eigenvalue weighted by Gasteiger charge is -2.41. The summed E-state index contributed by atoms with van der Waals surface area (Å²) in [4.78, 5) is 12.5. The monoisotopic (exact) mass is 448 g/mol. The van der Waals surface area contributed by atoms with Gasteiger partial charge >= 0.3 is 25.4 Å². The molecule has 0 aliphatic rings. The third kappa shape index (κ3) is 6.56. The number of carboxylic acids is 1. The molecule has 162 valence electrons. The number of rotatable bonds is 13. The molecule has 0 spiro atoms. The summed E-state index contributed by atoms with van der Waals surface area (Å²) in [5, 5.41) is 10.2. The van der Waals surface area contributed by atoms with Crippen molar-refractivity contribution in [2.45, 2.75) is 91.0 Å². The maximum atomic E-state index is 13.9. The van der Waals surface area contributed by atoms with E-state index in [1.54, 1.807) is 62.3 Å². The van der Waals surface area contributed by atoms with Gasteiger partial charge in [-0.3, -0.25) is 9.13 Å². The summed E-state index contributed by atoms with van der Waals surface area (Å²) >= 11 is 0.688. The molecule has 0 heterocycles. The van der Waals surface area contributed by atoms with Crippen LogP contribution in [0.2, 0.25) is 0 Å². The van der Waals surface area contributed by atoms with Crippen LogP contribution in [-0.4, -0.2) is 45.5 Å². The molecule has 27 heavy (non-hydrogen) atoms. The number of hydrogen-bond acceptors (Lipinski definition) is 8. The number of thioether (sulfide) groups is 1. The van der Waals surface area contributed by atoms with Crippen molar-refractivity contribution in [2.75, 3.05) is 5.75 Å². The Kier molecular flexibility index (Phi) is 10.8. The first-order valence-electron chi connectivity index (χ1n) is 8.98. The summed E-state index contributed by atoms with van der Waals surface area (Å²) in [5.41, 5.74) is 0. The van der Waals surface area contributed by atoms with Crippen molar-refractivity contribution in [2.24, 2.45) is 0 Å². The summed E-state index contributed by atoms with van der Waals surface area (Å²) in [6.07, 6.45) is -2.57. The van der Waals surface area contributed by atoms with Gasteiger partial charge in [-0.2, -0.15) is 0 Å². The van der Waals surface area contributed by atoms with E-state index in [9.17, 15) is 19.0 Å². The van der Waals surface area contributed by atoms with Gasteiger partial charge in [0.1, 0.15) is 0 Å². The molecule has 1 N–H and O–H groups in total. The molecule has 0 rings (SSSR count). The molecular formula is C16H34O8P2S.